The first kappa shape index (κ1) is 17.3. The molecule has 4 rings (SSSR count). The molecule has 0 radical (unpaired) electrons. The maximum atomic E-state index is 12.9. The van der Waals surface area contributed by atoms with Crippen molar-refractivity contribution in [1.82, 2.24) is 24.9 Å². The molecular weight excluding hydrogens is 330 g/mol. The van der Waals surface area contributed by atoms with E-state index < -0.39 is 11.6 Å². The SMILES string of the molecule is CC(C)(C(=O)N[C@@H]1CC(Cn2cccn2)C[C@H]1O)n1ccc(C2CC2)n1. The molecule has 140 valence electrons. The molecule has 0 aliphatic heterocycles. The highest BCUT2D eigenvalue weighted by molar-refractivity contribution is 5.83. The molecule has 2 aromatic rings. The zero-order valence-electron chi connectivity index (χ0n) is 15.4. The minimum absolute atomic E-state index is 0.105. The number of aliphatic hydroxyl groups excluding tert-OH is 1. The molecule has 2 N–H and O–H groups in total. The second-order valence-electron chi connectivity index (χ2n) is 8.23. The van der Waals surface area contributed by atoms with Crippen molar-refractivity contribution in [3.05, 3.63) is 36.4 Å². The summed E-state index contributed by atoms with van der Waals surface area (Å²) < 4.78 is 3.63. The normalized spacial score (nSPS) is 26.2. The molecule has 2 fully saturated rings. The van der Waals surface area contributed by atoms with Crippen LogP contribution in [0.3, 0.4) is 0 Å². The maximum absolute atomic E-state index is 12.9. The molecule has 2 aromatic heterocycles. The first-order chi connectivity index (χ1) is 12.4. The third-order valence-corrected chi connectivity index (χ3v) is 5.68. The van der Waals surface area contributed by atoms with Crippen molar-refractivity contribution in [1.29, 1.82) is 0 Å². The minimum Gasteiger partial charge on any atom is -0.391 e. The number of rotatable bonds is 6. The Hall–Kier alpha value is -2.15. The summed E-state index contributed by atoms with van der Waals surface area (Å²) in [5.74, 6) is 0.769. The van der Waals surface area contributed by atoms with E-state index in [1.807, 2.05) is 43.1 Å². The Morgan fingerprint density at radius 2 is 2.15 bits per heavy atom. The molecule has 2 aliphatic rings. The quantitative estimate of drug-likeness (QED) is 0.823. The van der Waals surface area contributed by atoms with Crippen molar-refractivity contribution in [2.75, 3.05) is 0 Å². The van der Waals surface area contributed by atoms with Gasteiger partial charge in [0, 0.05) is 31.1 Å². The molecule has 26 heavy (non-hydrogen) atoms. The number of nitrogens with zero attached hydrogens (tertiary/aromatic N) is 4. The number of nitrogens with one attached hydrogen (secondary N) is 1. The van der Waals surface area contributed by atoms with Crippen LogP contribution in [0.2, 0.25) is 0 Å². The van der Waals surface area contributed by atoms with Crippen molar-refractivity contribution in [3.8, 4) is 0 Å². The number of aliphatic hydroxyl groups is 1. The molecule has 2 aliphatic carbocycles. The summed E-state index contributed by atoms with van der Waals surface area (Å²) in [6.07, 6.45) is 8.87. The van der Waals surface area contributed by atoms with Gasteiger partial charge in [-0.05, 0) is 57.6 Å². The first-order valence-corrected chi connectivity index (χ1v) is 9.46. The van der Waals surface area contributed by atoms with Crippen molar-refractivity contribution in [3.63, 3.8) is 0 Å². The van der Waals surface area contributed by atoms with E-state index in [2.05, 4.69) is 15.5 Å². The smallest absolute Gasteiger partial charge is 0.247 e. The highest BCUT2D eigenvalue weighted by atomic mass is 16.3. The van der Waals surface area contributed by atoms with Gasteiger partial charge in [-0.25, -0.2) is 0 Å². The van der Waals surface area contributed by atoms with E-state index in [0.717, 1.165) is 18.7 Å². The van der Waals surface area contributed by atoms with Crippen molar-refractivity contribution in [2.24, 2.45) is 5.92 Å². The summed E-state index contributed by atoms with van der Waals surface area (Å²) in [4.78, 5) is 12.9. The van der Waals surface area contributed by atoms with Crippen molar-refractivity contribution < 1.29 is 9.90 Å². The zero-order valence-corrected chi connectivity index (χ0v) is 15.4. The fraction of sp³-hybridized carbons (Fsp3) is 0.632. The minimum atomic E-state index is -0.785. The number of amides is 1. The van der Waals surface area contributed by atoms with Gasteiger partial charge in [0.2, 0.25) is 5.91 Å². The second kappa shape index (κ2) is 6.54. The van der Waals surface area contributed by atoms with Gasteiger partial charge >= 0.3 is 0 Å². The Morgan fingerprint density at radius 1 is 1.35 bits per heavy atom. The lowest BCUT2D eigenvalue weighted by atomic mass is 10.0. The first-order valence-electron chi connectivity index (χ1n) is 9.46. The Labute approximate surface area is 153 Å². The van der Waals surface area contributed by atoms with E-state index in [-0.39, 0.29) is 11.9 Å². The lowest BCUT2D eigenvalue weighted by Gasteiger charge is -2.27. The summed E-state index contributed by atoms with van der Waals surface area (Å²) in [5.41, 5.74) is 0.290. The van der Waals surface area contributed by atoms with Crippen LogP contribution < -0.4 is 5.32 Å². The Kier molecular flexibility index (Phi) is 4.34. The van der Waals surface area contributed by atoms with Gasteiger partial charge in [-0.2, -0.15) is 10.2 Å². The van der Waals surface area contributed by atoms with E-state index in [9.17, 15) is 9.90 Å². The molecule has 1 amide bonds. The van der Waals surface area contributed by atoms with Gasteiger partial charge in [0.05, 0.1) is 17.8 Å². The molecule has 2 heterocycles. The average molecular weight is 357 g/mol. The van der Waals surface area contributed by atoms with E-state index >= 15 is 0 Å². The summed E-state index contributed by atoms with van der Waals surface area (Å²) in [6.45, 7) is 4.51. The van der Waals surface area contributed by atoms with E-state index in [4.69, 9.17) is 0 Å². The van der Waals surface area contributed by atoms with Gasteiger partial charge in [0.25, 0.3) is 0 Å². The summed E-state index contributed by atoms with van der Waals surface area (Å²) in [7, 11) is 0. The number of carbonyl (C=O) groups is 1. The summed E-state index contributed by atoms with van der Waals surface area (Å²) >= 11 is 0. The van der Waals surface area contributed by atoms with Crippen molar-refractivity contribution >= 4 is 5.91 Å². The van der Waals surface area contributed by atoms with Crippen LogP contribution in [0.1, 0.15) is 51.1 Å². The number of hydrogen-bond acceptors (Lipinski definition) is 4. The van der Waals surface area contributed by atoms with Crippen LogP contribution in [-0.2, 0) is 16.9 Å². The predicted molar refractivity (Wildman–Crippen MR) is 96.4 cm³/mol. The van der Waals surface area contributed by atoms with Gasteiger partial charge in [0.1, 0.15) is 5.54 Å². The molecule has 7 nitrogen and oxygen atoms in total. The zero-order chi connectivity index (χ0) is 18.3. The third kappa shape index (κ3) is 3.40. The molecule has 2 saturated carbocycles. The average Bonchev–Trinajstić information content (AvgIpc) is 3.00. The van der Waals surface area contributed by atoms with Gasteiger partial charge in [-0.3, -0.25) is 14.2 Å². The molecule has 3 atom stereocenters. The number of carbonyl (C=O) groups excluding carboxylic acids is 1. The highest BCUT2D eigenvalue weighted by Gasteiger charge is 2.39. The van der Waals surface area contributed by atoms with Crippen LogP contribution in [0, 0.1) is 5.92 Å². The largest absolute Gasteiger partial charge is 0.391 e. The topological polar surface area (TPSA) is 85.0 Å². The van der Waals surface area contributed by atoms with Crippen LogP contribution in [-0.4, -0.2) is 42.7 Å². The fourth-order valence-corrected chi connectivity index (χ4v) is 3.79. The molecule has 7 heteroatoms. The van der Waals surface area contributed by atoms with E-state index in [0.29, 0.717) is 18.3 Å². The van der Waals surface area contributed by atoms with E-state index in [1.54, 1.807) is 10.9 Å². The monoisotopic (exact) mass is 357 g/mol. The predicted octanol–water partition coefficient (Wildman–Crippen LogP) is 1.65. The van der Waals surface area contributed by atoms with Gasteiger partial charge in [-0.15, -0.1) is 0 Å². The lowest BCUT2D eigenvalue weighted by molar-refractivity contribution is -0.130. The fourth-order valence-electron chi connectivity index (χ4n) is 3.79. The Balaban J connectivity index is 1.38. The third-order valence-electron chi connectivity index (χ3n) is 5.68. The summed E-state index contributed by atoms with van der Waals surface area (Å²) in [5, 5.41) is 22.3. The molecular formula is C19H27N5O2. The van der Waals surface area contributed by atoms with Crippen LogP contribution >= 0.6 is 0 Å². The number of aromatic nitrogens is 4. The van der Waals surface area contributed by atoms with Crippen LogP contribution in [0.4, 0.5) is 0 Å². The second-order valence-corrected chi connectivity index (χ2v) is 8.23. The van der Waals surface area contributed by atoms with E-state index in [1.165, 1.54) is 12.8 Å². The van der Waals surface area contributed by atoms with Crippen LogP contribution in [0.5, 0.6) is 0 Å². The lowest BCUT2D eigenvalue weighted by Crippen LogP contribution is -2.50. The molecule has 1 unspecified atom stereocenters. The molecule has 0 bridgehead atoms. The van der Waals surface area contributed by atoms with Gasteiger partial charge < -0.3 is 10.4 Å². The Morgan fingerprint density at radius 3 is 2.85 bits per heavy atom. The van der Waals surface area contributed by atoms with Crippen molar-refractivity contribution in [2.45, 2.75) is 69.7 Å². The van der Waals surface area contributed by atoms with Crippen LogP contribution in [0.15, 0.2) is 30.7 Å². The standard InChI is InChI=1S/C19H27N5O2/c1-19(2,24-9-6-15(22-24)14-4-5-14)18(26)21-16-10-13(11-17(16)25)12-23-8-3-7-20-23/h3,6-9,13-14,16-17,25H,4-5,10-12H2,1-2H3,(H,21,26)/t13?,16-,17-/m1/s1. The van der Waals surface area contributed by atoms with Crippen LogP contribution in [0.25, 0.3) is 0 Å². The Bertz CT molecular complexity index is 763. The molecule has 0 saturated heterocycles. The molecule has 0 aromatic carbocycles. The summed E-state index contributed by atoms with van der Waals surface area (Å²) in [6, 6.07) is 3.69. The molecule has 0 spiro atoms. The van der Waals surface area contributed by atoms with Gasteiger partial charge in [-0.1, -0.05) is 0 Å². The number of hydrogen-bond donors (Lipinski definition) is 2. The van der Waals surface area contributed by atoms with Gasteiger partial charge in [0.15, 0.2) is 0 Å². The maximum Gasteiger partial charge on any atom is 0.247 e. The highest BCUT2D eigenvalue weighted by Crippen LogP contribution is 2.39.